The number of aliphatic imine (C=N–C) groups is 1. The highest BCUT2D eigenvalue weighted by molar-refractivity contribution is 5.80. The number of hydrogen-bond donors (Lipinski definition) is 2. The zero-order valence-corrected chi connectivity index (χ0v) is 17.1. The quantitative estimate of drug-likeness (QED) is 0.407. The molecule has 0 radical (unpaired) electrons. The van der Waals surface area contributed by atoms with Crippen LogP contribution in [0, 0.1) is 11.7 Å². The number of piperidine rings is 1. The van der Waals surface area contributed by atoms with E-state index < -0.39 is 0 Å². The Balaban J connectivity index is 1.38. The molecule has 0 bridgehead atoms. The molecule has 0 saturated carbocycles. The molecule has 2 saturated heterocycles. The van der Waals surface area contributed by atoms with Crippen LogP contribution in [-0.2, 0) is 11.2 Å². The van der Waals surface area contributed by atoms with Crippen LogP contribution in [-0.4, -0.2) is 62.8 Å². The summed E-state index contributed by atoms with van der Waals surface area (Å²) in [5.41, 5.74) is 1.04. The summed E-state index contributed by atoms with van der Waals surface area (Å²) in [5, 5.41) is 6.96. The highest BCUT2D eigenvalue weighted by Crippen LogP contribution is 2.17. The third-order valence-electron chi connectivity index (χ3n) is 5.60. The van der Waals surface area contributed by atoms with E-state index in [0.29, 0.717) is 6.04 Å². The van der Waals surface area contributed by atoms with Crippen LogP contribution in [0.4, 0.5) is 4.39 Å². The van der Waals surface area contributed by atoms with Gasteiger partial charge in [0.05, 0.1) is 6.61 Å². The molecule has 1 atom stereocenters. The van der Waals surface area contributed by atoms with E-state index >= 15 is 0 Å². The van der Waals surface area contributed by atoms with E-state index in [-0.39, 0.29) is 5.82 Å². The van der Waals surface area contributed by atoms with Crippen molar-refractivity contribution in [3.63, 3.8) is 0 Å². The fourth-order valence-electron chi connectivity index (χ4n) is 4.03. The lowest BCUT2D eigenvalue weighted by Crippen LogP contribution is -2.49. The van der Waals surface area contributed by atoms with Gasteiger partial charge in [-0.05, 0) is 62.6 Å². The molecular weight excluding hydrogens is 355 g/mol. The Morgan fingerprint density at radius 1 is 1.29 bits per heavy atom. The van der Waals surface area contributed by atoms with Crippen LogP contribution >= 0.6 is 0 Å². The molecule has 28 heavy (non-hydrogen) atoms. The zero-order chi connectivity index (χ0) is 19.6. The topological polar surface area (TPSA) is 48.9 Å². The lowest BCUT2D eigenvalue weighted by molar-refractivity contribution is 0.150. The molecule has 1 aromatic rings. The first-order chi connectivity index (χ1) is 13.7. The first-order valence-corrected chi connectivity index (χ1v) is 10.8. The minimum absolute atomic E-state index is 0.164. The molecule has 2 N–H and O–H groups in total. The molecule has 156 valence electrons. The van der Waals surface area contributed by atoms with Gasteiger partial charge in [-0.3, -0.25) is 4.99 Å². The first-order valence-electron chi connectivity index (χ1n) is 10.8. The average molecular weight is 391 g/mol. The van der Waals surface area contributed by atoms with Crippen molar-refractivity contribution < 1.29 is 9.13 Å². The van der Waals surface area contributed by atoms with Gasteiger partial charge in [0.2, 0.25) is 0 Å². The molecule has 6 heteroatoms. The number of benzene rings is 1. The monoisotopic (exact) mass is 390 g/mol. The number of rotatable bonds is 8. The fraction of sp³-hybridized carbons (Fsp3) is 0.682. The van der Waals surface area contributed by atoms with Crippen LogP contribution in [0.3, 0.4) is 0 Å². The van der Waals surface area contributed by atoms with Gasteiger partial charge in [-0.1, -0.05) is 12.1 Å². The molecular formula is C22H35FN4O. The van der Waals surface area contributed by atoms with Crippen molar-refractivity contribution in [2.75, 3.05) is 45.9 Å². The Hall–Kier alpha value is -1.66. The van der Waals surface area contributed by atoms with E-state index in [1.807, 2.05) is 6.07 Å². The van der Waals surface area contributed by atoms with E-state index in [9.17, 15) is 4.39 Å². The number of nitrogens with one attached hydrogen (secondary N) is 2. The summed E-state index contributed by atoms with van der Waals surface area (Å²) in [6, 6.07) is 7.32. The number of halogens is 1. The van der Waals surface area contributed by atoms with E-state index in [1.54, 1.807) is 12.1 Å². The second kappa shape index (κ2) is 11.4. The number of nitrogens with zero attached hydrogens (tertiary/aromatic N) is 2. The lowest BCUT2D eigenvalue weighted by Gasteiger charge is -2.34. The summed E-state index contributed by atoms with van der Waals surface area (Å²) < 4.78 is 18.7. The first kappa shape index (κ1) is 21.1. The normalized spacial score (nSPS) is 21.8. The fourth-order valence-corrected chi connectivity index (χ4v) is 4.03. The van der Waals surface area contributed by atoms with Gasteiger partial charge in [0.1, 0.15) is 5.82 Å². The van der Waals surface area contributed by atoms with E-state index in [2.05, 4.69) is 22.5 Å². The lowest BCUT2D eigenvalue weighted by atomic mass is 10.0. The number of aryl methyl sites for hydroxylation is 1. The van der Waals surface area contributed by atoms with Crippen LogP contribution in [0.1, 0.15) is 38.2 Å². The van der Waals surface area contributed by atoms with Gasteiger partial charge >= 0.3 is 0 Å². The third kappa shape index (κ3) is 7.06. The largest absolute Gasteiger partial charge is 0.381 e. The summed E-state index contributed by atoms with van der Waals surface area (Å²) >= 11 is 0. The van der Waals surface area contributed by atoms with Crippen LogP contribution in [0.2, 0.25) is 0 Å². The summed E-state index contributed by atoms with van der Waals surface area (Å²) in [7, 11) is 0. The number of likely N-dealkylation sites (tertiary alicyclic amines) is 1. The van der Waals surface area contributed by atoms with E-state index in [4.69, 9.17) is 9.73 Å². The van der Waals surface area contributed by atoms with Crippen LogP contribution in [0.5, 0.6) is 0 Å². The highest BCUT2D eigenvalue weighted by Gasteiger charge is 2.24. The molecule has 0 aliphatic carbocycles. The SMILES string of the molecule is CCNC(=NCCCc1cccc(F)c1)NC1CCN(CC2CCOC2)CC1. The molecule has 3 rings (SSSR count). The highest BCUT2D eigenvalue weighted by atomic mass is 19.1. The van der Waals surface area contributed by atoms with Crippen LogP contribution in [0.25, 0.3) is 0 Å². The van der Waals surface area contributed by atoms with Crippen molar-refractivity contribution in [1.82, 2.24) is 15.5 Å². The molecule has 1 unspecified atom stereocenters. The van der Waals surface area contributed by atoms with Gasteiger partial charge in [-0.25, -0.2) is 4.39 Å². The summed E-state index contributed by atoms with van der Waals surface area (Å²) in [5.74, 6) is 1.47. The molecule has 0 aromatic heterocycles. The molecule has 0 spiro atoms. The Morgan fingerprint density at radius 2 is 2.14 bits per heavy atom. The van der Waals surface area contributed by atoms with Crippen molar-refractivity contribution in [3.8, 4) is 0 Å². The van der Waals surface area contributed by atoms with Gasteiger partial charge in [0.25, 0.3) is 0 Å². The zero-order valence-electron chi connectivity index (χ0n) is 17.1. The second-order valence-corrected chi connectivity index (χ2v) is 7.94. The van der Waals surface area contributed by atoms with Gasteiger partial charge in [-0.2, -0.15) is 0 Å². The smallest absolute Gasteiger partial charge is 0.191 e. The molecule has 1 aromatic carbocycles. The second-order valence-electron chi connectivity index (χ2n) is 7.94. The van der Waals surface area contributed by atoms with Gasteiger partial charge in [0, 0.05) is 45.4 Å². The Labute approximate surface area is 168 Å². The number of guanidine groups is 1. The predicted octanol–water partition coefficient (Wildman–Crippen LogP) is 2.81. The third-order valence-corrected chi connectivity index (χ3v) is 5.60. The Kier molecular flexibility index (Phi) is 8.55. The van der Waals surface area contributed by atoms with Gasteiger partial charge < -0.3 is 20.3 Å². The standard InChI is InChI=1S/C22H35FN4O/c1-2-24-22(25-11-4-6-18-5-3-7-20(23)15-18)26-21-8-12-27(13-9-21)16-19-10-14-28-17-19/h3,5,7,15,19,21H,2,4,6,8-14,16-17H2,1H3,(H2,24,25,26). The van der Waals surface area contributed by atoms with Crippen molar-refractivity contribution in [2.45, 2.75) is 45.1 Å². The van der Waals surface area contributed by atoms with E-state index in [1.165, 1.54) is 19.0 Å². The predicted molar refractivity (Wildman–Crippen MR) is 112 cm³/mol. The van der Waals surface area contributed by atoms with Crippen molar-refractivity contribution in [1.29, 1.82) is 0 Å². The number of ether oxygens (including phenoxy) is 1. The minimum Gasteiger partial charge on any atom is -0.381 e. The van der Waals surface area contributed by atoms with Crippen molar-refractivity contribution >= 4 is 5.96 Å². The van der Waals surface area contributed by atoms with E-state index in [0.717, 1.165) is 82.5 Å². The molecule has 2 aliphatic rings. The maximum atomic E-state index is 13.2. The molecule has 0 amide bonds. The van der Waals surface area contributed by atoms with Crippen molar-refractivity contribution in [3.05, 3.63) is 35.6 Å². The Bertz CT molecular complexity index is 610. The maximum absolute atomic E-state index is 13.2. The maximum Gasteiger partial charge on any atom is 0.191 e. The molecule has 2 aliphatic heterocycles. The Morgan fingerprint density at radius 3 is 2.86 bits per heavy atom. The average Bonchev–Trinajstić information content (AvgIpc) is 3.20. The molecule has 5 nitrogen and oxygen atoms in total. The van der Waals surface area contributed by atoms with Crippen molar-refractivity contribution in [2.24, 2.45) is 10.9 Å². The molecule has 2 heterocycles. The summed E-state index contributed by atoms with van der Waals surface area (Å²) in [6.07, 6.45) is 5.29. The number of hydrogen-bond acceptors (Lipinski definition) is 3. The van der Waals surface area contributed by atoms with Crippen LogP contribution < -0.4 is 10.6 Å². The molecule has 2 fully saturated rings. The van der Waals surface area contributed by atoms with Gasteiger partial charge in [-0.15, -0.1) is 0 Å². The summed E-state index contributed by atoms with van der Waals surface area (Å²) in [6.45, 7) is 9.04. The van der Waals surface area contributed by atoms with Crippen LogP contribution in [0.15, 0.2) is 29.3 Å². The minimum atomic E-state index is -0.164. The van der Waals surface area contributed by atoms with Gasteiger partial charge in [0.15, 0.2) is 5.96 Å². The summed E-state index contributed by atoms with van der Waals surface area (Å²) in [4.78, 5) is 7.30.